The second kappa shape index (κ2) is 7.18. The van der Waals surface area contributed by atoms with E-state index >= 15 is 0 Å². The smallest absolute Gasteiger partial charge is 0.171 e. The standard InChI is InChI=1S/C13H20N2O2S/c1-9-5-6-12(17-4)11(7-9)15-13(18)14-10(2)8-16-3/h5-7,10H,8H2,1-4H3,(H2,14,15,18). The summed E-state index contributed by atoms with van der Waals surface area (Å²) in [5.41, 5.74) is 2.01. The van der Waals surface area contributed by atoms with Crippen LogP contribution < -0.4 is 15.4 Å². The predicted molar refractivity (Wildman–Crippen MR) is 78.4 cm³/mol. The number of methoxy groups -OCH3 is 2. The average Bonchev–Trinajstić information content (AvgIpc) is 2.29. The third-order valence-electron chi connectivity index (χ3n) is 2.40. The molecule has 0 aliphatic heterocycles. The highest BCUT2D eigenvalue weighted by Crippen LogP contribution is 2.24. The summed E-state index contributed by atoms with van der Waals surface area (Å²) in [6.45, 7) is 4.63. The number of nitrogens with one attached hydrogen (secondary N) is 2. The van der Waals surface area contributed by atoms with E-state index in [9.17, 15) is 0 Å². The molecule has 2 N–H and O–H groups in total. The molecule has 1 atom stereocenters. The fourth-order valence-electron chi connectivity index (χ4n) is 1.59. The van der Waals surface area contributed by atoms with E-state index in [2.05, 4.69) is 10.6 Å². The Morgan fingerprint density at radius 2 is 2.11 bits per heavy atom. The molecule has 0 amide bonds. The van der Waals surface area contributed by atoms with Crippen molar-refractivity contribution in [3.8, 4) is 5.75 Å². The minimum Gasteiger partial charge on any atom is -0.495 e. The second-order valence-corrected chi connectivity index (χ2v) is 4.57. The largest absolute Gasteiger partial charge is 0.495 e. The number of ether oxygens (including phenoxy) is 2. The number of aryl methyl sites for hydroxylation is 1. The maximum Gasteiger partial charge on any atom is 0.171 e. The van der Waals surface area contributed by atoms with Crippen LogP contribution in [0.15, 0.2) is 18.2 Å². The van der Waals surface area contributed by atoms with E-state index in [0.29, 0.717) is 11.7 Å². The molecule has 1 unspecified atom stereocenters. The number of hydrogen-bond donors (Lipinski definition) is 2. The van der Waals surface area contributed by atoms with Gasteiger partial charge in [-0.1, -0.05) is 6.07 Å². The molecule has 0 saturated heterocycles. The summed E-state index contributed by atoms with van der Waals surface area (Å²) in [6.07, 6.45) is 0. The summed E-state index contributed by atoms with van der Waals surface area (Å²) in [4.78, 5) is 0. The molecule has 0 bridgehead atoms. The van der Waals surface area contributed by atoms with Gasteiger partial charge in [-0.3, -0.25) is 0 Å². The van der Waals surface area contributed by atoms with Crippen molar-refractivity contribution in [2.24, 2.45) is 0 Å². The molecule has 18 heavy (non-hydrogen) atoms. The topological polar surface area (TPSA) is 42.5 Å². The Kier molecular flexibility index (Phi) is 5.88. The molecular formula is C13H20N2O2S. The van der Waals surface area contributed by atoms with E-state index in [4.69, 9.17) is 21.7 Å². The van der Waals surface area contributed by atoms with Crippen molar-refractivity contribution in [1.29, 1.82) is 0 Å². The summed E-state index contributed by atoms with van der Waals surface area (Å²) in [5, 5.41) is 6.83. The SMILES string of the molecule is COCC(C)NC(=S)Nc1cc(C)ccc1OC. The van der Waals surface area contributed by atoms with E-state index in [-0.39, 0.29) is 6.04 Å². The minimum absolute atomic E-state index is 0.158. The third-order valence-corrected chi connectivity index (χ3v) is 2.62. The van der Waals surface area contributed by atoms with Crippen LogP contribution in [-0.4, -0.2) is 32.0 Å². The van der Waals surface area contributed by atoms with E-state index in [1.54, 1.807) is 14.2 Å². The normalized spacial score (nSPS) is 11.8. The Bertz CT molecular complexity index is 410. The van der Waals surface area contributed by atoms with Crippen molar-refractivity contribution in [2.45, 2.75) is 19.9 Å². The first kappa shape index (κ1) is 14.7. The number of rotatable bonds is 5. The zero-order chi connectivity index (χ0) is 13.5. The lowest BCUT2D eigenvalue weighted by atomic mass is 10.2. The third kappa shape index (κ3) is 4.50. The molecule has 0 fully saturated rings. The van der Waals surface area contributed by atoms with Crippen molar-refractivity contribution in [3.05, 3.63) is 23.8 Å². The lowest BCUT2D eigenvalue weighted by Gasteiger charge is -2.17. The summed E-state index contributed by atoms with van der Waals surface area (Å²) >= 11 is 5.24. The second-order valence-electron chi connectivity index (χ2n) is 4.16. The summed E-state index contributed by atoms with van der Waals surface area (Å²) in [5.74, 6) is 0.768. The maximum atomic E-state index is 5.28. The highest BCUT2D eigenvalue weighted by Gasteiger charge is 2.07. The molecule has 0 heterocycles. The van der Waals surface area contributed by atoms with E-state index < -0.39 is 0 Å². The van der Waals surface area contributed by atoms with Crippen LogP contribution in [0.1, 0.15) is 12.5 Å². The lowest BCUT2D eigenvalue weighted by molar-refractivity contribution is 0.179. The van der Waals surface area contributed by atoms with Crippen LogP contribution in [0.5, 0.6) is 5.75 Å². The molecule has 0 aliphatic carbocycles. The van der Waals surface area contributed by atoms with Gasteiger partial charge in [0.15, 0.2) is 5.11 Å². The fourth-order valence-corrected chi connectivity index (χ4v) is 1.90. The van der Waals surface area contributed by atoms with Crippen LogP contribution in [0.25, 0.3) is 0 Å². The van der Waals surface area contributed by atoms with Gasteiger partial charge in [-0.25, -0.2) is 0 Å². The Morgan fingerprint density at radius 1 is 1.39 bits per heavy atom. The van der Waals surface area contributed by atoms with Crippen LogP contribution >= 0.6 is 12.2 Å². The Labute approximate surface area is 114 Å². The summed E-state index contributed by atoms with van der Waals surface area (Å²) < 4.78 is 10.3. The molecule has 1 aromatic carbocycles. The molecule has 0 saturated carbocycles. The highest BCUT2D eigenvalue weighted by molar-refractivity contribution is 7.80. The molecule has 0 radical (unpaired) electrons. The first-order valence-corrected chi connectivity index (χ1v) is 6.18. The quantitative estimate of drug-likeness (QED) is 0.802. The van der Waals surface area contributed by atoms with Crippen molar-refractivity contribution in [1.82, 2.24) is 5.32 Å². The van der Waals surface area contributed by atoms with Gasteiger partial charge in [0.05, 0.1) is 19.4 Å². The number of thiocarbonyl (C=S) groups is 1. The molecule has 100 valence electrons. The number of hydrogen-bond acceptors (Lipinski definition) is 3. The van der Waals surface area contributed by atoms with Crippen LogP contribution in [0.2, 0.25) is 0 Å². The van der Waals surface area contributed by atoms with Gasteiger partial charge < -0.3 is 20.1 Å². The van der Waals surface area contributed by atoms with Crippen molar-refractivity contribution >= 4 is 23.0 Å². The highest BCUT2D eigenvalue weighted by atomic mass is 32.1. The molecule has 5 heteroatoms. The Hall–Kier alpha value is -1.33. The van der Waals surface area contributed by atoms with Gasteiger partial charge in [0.25, 0.3) is 0 Å². The van der Waals surface area contributed by atoms with Gasteiger partial charge >= 0.3 is 0 Å². The van der Waals surface area contributed by atoms with Crippen LogP contribution in [-0.2, 0) is 4.74 Å². The minimum atomic E-state index is 0.158. The van der Waals surface area contributed by atoms with Crippen LogP contribution in [0, 0.1) is 6.92 Å². The molecule has 0 aliphatic rings. The molecule has 4 nitrogen and oxygen atoms in total. The van der Waals surface area contributed by atoms with Gasteiger partial charge in [-0.2, -0.15) is 0 Å². The van der Waals surface area contributed by atoms with Crippen LogP contribution in [0.3, 0.4) is 0 Å². The van der Waals surface area contributed by atoms with Crippen LogP contribution in [0.4, 0.5) is 5.69 Å². The first-order valence-electron chi connectivity index (χ1n) is 5.78. The van der Waals surface area contributed by atoms with Gasteiger partial charge in [0, 0.05) is 13.2 Å². The molecule has 0 aromatic heterocycles. The zero-order valence-electron chi connectivity index (χ0n) is 11.2. The maximum absolute atomic E-state index is 5.28. The van der Waals surface area contributed by atoms with E-state index in [1.807, 2.05) is 32.0 Å². The lowest BCUT2D eigenvalue weighted by Crippen LogP contribution is -2.38. The van der Waals surface area contributed by atoms with Crippen molar-refractivity contribution in [3.63, 3.8) is 0 Å². The van der Waals surface area contributed by atoms with Crippen molar-refractivity contribution in [2.75, 3.05) is 26.1 Å². The van der Waals surface area contributed by atoms with Gasteiger partial charge in [-0.05, 0) is 43.8 Å². The molecule has 1 aromatic rings. The Morgan fingerprint density at radius 3 is 2.72 bits per heavy atom. The average molecular weight is 268 g/mol. The fraction of sp³-hybridized carbons (Fsp3) is 0.462. The predicted octanol–water partition coefficient (Wildman–Crippen LogP) is 2.32. The Balaban J connectivity index is 2.66. The number of anilines is 1. The zero-order valence-corrected chi connectivity index (χ0v) is 12.1. The van der Waals surface area contributed by atoms with Gasteiger partial charge in [0.2, 0.25) is 0 Å². The molecule has 0 spiro atoms. The molecular weight excluding hydrogens is 248 g/mol. The van der Waals surface area contributed by atoms with Gasteiger partial charge in [-0.15, -0.1) is 0 Å². The summed E-state index contributed by atoms with van der Waals surface area (Å²) in [6, 6.07) is 6.06. The van der Waals surface area contributed by atoms with Gasteiger partial charge in [0.1, 0.15) is 5.75 Å². The monoisotopic (exact) mass is 268 g/mol. The van der Waals surface area contributed by atoms with Crippen molar-refractivity contribution < 1.29 is 9.47 Å². The first-order chi connectivity index (χ1) is 8.56. The van der Waals surface area contributed by atoms with E-state index in [0.717, 1.165) is 17.0 Å². The molecule has 1 rings (SSSR count). The van der Waals surface area contributed by atoms with E-state index in [1.165, 1.54) is 0 Å². The number of benzene rings is 1. The summed E-state index contributed by atoms with van der Waals surface area (Å²) in [7, 11) is 3.30.